The Bertz CT molecular complexity index is 200. The predicted octanol–water partition coefficient (Wildman–Crippen LogP) is 2.69. The van der Waals surface area contributed by atoms with Crippen molar-refractivity contribution in [1.82, 2.24) is 0 Å². The number of ether oxygens (including phenoxy) is 1. The first-order chi connectivity index (χ1) is 6.29. The Morgan fingerprint density at radius 1 is 1.31 bits per heavy atom. The molecule has 2 nitrogen and oxygen atoms in total. The molecule has 0 bridgehead atoms. The van der Waals surface area contributed by atoms with Crippen LogP contribution in [0, 0.1) is 5.92 Å². The van der Waals surface area contributed by atoms with E-state index in [1.165, 1.54) is 26.4 Å². The lowest BCUT2D eigenvalue weighted by Crippen LogP contribution is -2.17. The minimum absolute atomic E-state index is 0.144. The monoisotopic (exact) mass is 182 g/mol. The number of hydrogen-bond donors (Lipinski definition) is 0. The van der Waals surface area contributed by atoms with Crippen molar-refractivity contribution in [3.63, 3.8) is 0 Å². The summed E-state index contributed by atoms with van der Waals surface area (Å²) in [6.45, 7) is 1.92. The van der Waals surface area contributed by atoms with Crippen LogP contribution in [0.4, 0.5) is 0 Å². The van der Waals surface area contributed by atoms with Crippen LogP contribution in [0.2, 0.25) is 0 Å². The molecule has 74 valence electrons. The van der Waals surface area contributed by atoms with Crippen LogP contribution in [0.5, 0.6) is 0 Å². The summed E-state index contributed by atoms with van der Waals surface area (Å²) < 4.78 is 4.75. The minimum Gasteiger partial charge on any atom is -0.466 e. The van der Waals surface area contributed by atoms with E-state index < -0.39 is 0 Å². The lowest BCUT2D eigenvalue weighted by atomic mass is 9.83. The molecule has 1 saturated carbocycles. The van der Waals surface area contributed by atoms with Crippen LogP contribution in [0.3, 0.4) is 0 Å². The van der Waals surface area contributed by atoms with Crippen molar-refractivity contribution in [2.24, 2.45) is 5.92 Å². The third-order valence-corrected chi connectivity index (χ3v) is 2.78. The summed E-state index contributed by atoms with van der Waals surface area (Å²) in [6.07, 6.45) is 8.01. The Morgan fingerprint density at radius 3 is 2.38 bits per heavy atom. The maximum absolute atomic E-state index is 11.4. The van der Waals surface area contributed by atoms with Crippen LogP contribution in [0.1, 0.15) is 39.0 Å². The molecule has 0 amide bonds. The summed E-state index contributed by atoms with van der Waals surface area (Å²) in [5.41, 5.74) is 0.877. The van der Waals surface area contributed by atoms with Crippen molar-refractivity contribution in [1.29, 1.82) is 0 Å². The van der Waals surface area contributed by atoms with E-state index in [2.05, 4.69) is 0 Å². The van der Waals surface area contributed by atoms with Crippen LogP contribution >= 0.6 is 0 Å². The Labute approximate surface area is 80.0 Å². The molecule has 0 N–H and O–H groups in total. The summed E-state index contributed by atoms with van der Waals surface area (Å²) >= 11 is 0. The second-order valence-corrected chi connectivity index (χ2v) is 3.57. The average molecular weight is 182 g/mol. The zero-order valence-corrected chi connectivity index (χ0v) is 8.51. The van der Waals surface area contributed by atoms with Crippen molar-refractivity contribution in [2.75, 3.05) is 7.11 Å². The van der Waals surface area contributed by atoms with Crippen molar-refractivity contribution >= 4 is 5.97 Å². The first-order valence-corrected chi connectivity index (χ1v) is 5.04. The molecule has 0 aliphatic heterocycles. The van der Waals surface area contributed by atoms with Gasteiger partial charge in [0.2, 0.25) is 0 Å². The zero-order valence-electron chi connectivity index (χ0n) is 8.51. The van der Waals surface area contributed by atoms with Gasteiger partial charge in [-0.3, -0.25) is 0 Å². The fourth-order valence-corrected chi connectivity index (χ4v) is 2.05. The summed E-state index contributed by atoms with van der Waals surface area (Å²) in [5, 5.41) is 0. The molecule has 0 saturated heterocycles. The number of carbonyl (C=O) groups is 1. The highest BCUT2D eigenvalue weighted by atomic mass is 16.5. The Morgan fingerprint density at radius 2 is 1.92 bits per heavy atom. The predicted molar refractivity (Wildman–Crippen MR) is 52.3 cm³/mol. The fraction of sp³-hybridized carbons (Fsp3) is 0.727. The molecular weight excluding hydrogens is 164 g/mol. The van der Waals surface area contributed by atoms with Crippen LogP contribution in [0.15, 0.2) is 11.6 Å². The summed E-state index contributed by atoms with van der Waals surface area (Å²) in [5.74, 6) is 0.306. The first-order valence-electron chi connectivity index (χ1n) is 5.04. The largest absolute Gasteiger partial charge is 0.466 e. The van der Waals surface area contributed by atoms with Crippen LogP contribution in [-0.2, 0) is 9.53 Å². The maximum atomic E-state index is 11.4. The molecule has 0 unspecified atom stereocenters. The molecule has 0 aromatic heterocycles. The fourth-order valence-electron chi connectivity index (χ4n) is 2.05. The quantitative estimate of drug-likeness (QED) is 0.485. The number of esters is 1. The zero-order chi connectivity index (χ0) is 9.68. The standard InChI is InChI=1S/C11H18O2/c1-3-10(11(12)13-2)9-7-5-4-6-8-9/h3,9H,4-8H2,1-2H3/b10-3+. The molecule has 1 aliphatic rings. The molecule has 0 heterocycles. The van der Waals surface area contributed by atoms with E-state index in [0.717, 1.165) is 18.4 Å². The van der Waals surface area contributed by atoms with Crippen LogP contribution in [0.25, 0.3) is 0 Å². The van der Waals surface area contributed by atoms with Gasteiger partial charge in [0.1, 0.15) is 0 Å². The lowest BCUT2D eigenvalue weighted by Gasteiger charge is -2.22. The van der Waals surface area contributed by atoms with E-state index in [0.29, 0.717) is 5.92 Å². The molecule has 0 spiro atoms. The second kappa shape index (κ2) is 5.05. The molecular formula is C11H18O2. The number of methoxy groups -OCH3 is 1. The number of carbonyl (C=O) groups excluding carboxylic acids is 1. The summed E-state index contributed by atoms with van der Waals surface area (Å²) in [6, 6.07) is 0. The van der Waals surface area contributed by atoms with E-state index in [-0.39, 0.29) is 5.97 Å². The van der Waals surface area contributed by atoms with Crippen molar-refractivity contribution in [2.45, 2.75) is 39.0 Å². The Hall–Kier alpha value is -0.790. The smallest absolute Gasteiger partial charge is 0.333 e. The SMILES string of the molecule is C/C=C(/C(=O)OC)C1CCCCC1. The molecule has 0 atom stereocenters. The second-order valence-electron chi connectivity index (χ2n) is 3.57. The molecule has 2 heteroatoms. The molecule has 0 radical (unpaired) electrons. The minimum atomic E-state index is -0.144. The highest BCUT2D eigenvalue weighted by Gasteiger charge is 2.22. The van der Waals surface area contributed by atoms with Gasteiger partial charge in [-0.25, -0.2) is 4.79 Å². The van der Waals surface area contributed by atoms with E-state index in [4.69, 9.17) is 4.74 Å². The van der Waals surface area contributed by atoms with Gasteiger partial charge in [-0.2, -0.15) is 0 Å². The van der Waals surface area contributed by atoms with Crippen LogP contribution in [-0.4, -0.2) is 13.1 Å². The lowest BCUT2D eigenvalue weighted by molar-refractivity contribution is -0.136. The molecule has 1 rings (SSSR count). The van der Waals surface area contributed by atoms with E-state index in [1.54, 1.807) is 0 Å². The molecule has 0 aromatic carbocycles. The van der Waals surface area contributed by atoms with Gasteiger partial charge in [-0.1, -0.05) is 25.3 Å². The van der Waals surface area contributed by atoms with Crippen LogP contribution < -0.4 is 0 Å². The van der Waals surface area contributed by atoms with Gasteiger partial charge in [0, 0.05) is 5.57 Å². The normalized spacial score (nSPS) is 20.0. The third-order valence-electron chi connectivity index (χ3n) is 2.78. The van der Waals surface area contributed by atoms with E-state index in [9.17, 15) is 4.79 Å². The maximum Gasteiger partial charge on any atom is 0.333 e. The Kier molecular flexibility index (Phi) is 4.00. The summed E-state index contributed by atoms with van der Waals surface area (Å²) in [7, 11) is 1.45. The molecule has 1 aliphatic carbocycles. The average Bonchev–Trinajstić information content (AvgIpc) is 2.20. The van der Waals surface area contributed by atoms with Gasteiger partial charge in [0.05, 0.1) is 7.11 Å². The molecule has 13 heavy (non-hydrogen) atoms. The first kappa shape index (κ1) is 10.3. The highest BCUT2D eigenvalue weighted by molar-refractivity contribution is 5.88. The van der Waals surface area contributed by atoms with Crippen molar-refractivity contribution < 1.29 is 9.53 Å². The molecule has 1 fully saturated rings. The van der Waals surface area contributed by atoms with Gasteiger partial charge >= 0.3 is 5.97 Å². The van der Waals surface area contributed by atoms with Gasteiger partial charge in [0.15, 0.2) is 0 Å². The number of rotatable bonds is 2. The molecule has 0 aromatic rings. The number of allylic oxidation sites excluding steroid dienone is 1. The van der Waals surface area contributed by atoms with Gasteiger partial charge in [-0.15, -0.1) is 0 Å². The summed E-state index contributed by atoms with van der Waals surface area (Å²) in [4.78, 5) is 11.4. The number of hydrogen-bond acceptors (Lipinski definition) is 2. The highest BCUT2D eigenvalue weighted by Crippen LogP contribution is 2.30. The topological polar surface area (TPSA) is 26.3 Å². The Balaban J connectivity index is 2.60. The van der Waals surface area contributed by atoms with Crippen molar-refractivity contribution in [3.8, 4) is 0 Å². The van der Waals surface area contributed by atoms with Gasteiger partial charge < -0.3 is 4.74 Å². The van der Waals surface area contributed by atoms with Gasteiger partial charge in [0.25, 0.3) is 0 Å². The third kappa shape index (κ3) is 2.58. The van der Waals surface area contributed by atoms with Crippen molar-refractivity contribution in [3.05, 3.63) is 11.6 Å². The van der Waals surface area contributed by atoms with E-state index in [1.807, 2.05) is 13.0 Å². The van der Waals surface area contributed by atoms with E-state index >= 15 is 0 Å². The van der Waals surface area contributed by atoms with Gasteiger partial charge in [-0.05, 0) is 25.7 Å².